The standard InChI is InChI=1S/C16H16ClF2N3O2/c17-13-10(18)1-2-11-12(13)14(19)15(20-11)16(23)22-4-3-21-5-6-24-8-9(21)7-22/h1-2,9,20H,3-8H2/t9-/m0/s1. The lowest BCUT2D eigenvalue weighted by Crippen LogP contribution is -2.59. The lowest BCUT2D eigenvalue weighted by atomic mass is 10.1. The molecular weight excluding hydrogens is 340 g/mol. The van der Waals surface area contributed by atoms with E-state index in [-0.39, 0.29) is 22.1 Å². The third-order valence-electron chi connectivity index (χ3n) is 4.73. The number of carbonyl (C=O) groups excluding carboxylic acids is 1. The number of amides is 1. The van der Waals surface area contributed by atoms with Crippen molar-refractivity contribution in [3.05, 3.63) is 34.5 Å². The van der Waals surface area contributed by atoms with Crippen molar-refractivity contribution in [2.75, 3.05) is 39.4 Å². The van der Waals surface area contributed by atoms with Crippen LogP contribution in [0.2, 0.25) is 5.02 Å². The van der Waals surface area contributed by atoms with E-state index >= 15 is 0 Å². The summed E-state index contributed by atoms with van der Waals surface area (Å²) in [4.78, 5) is 19.3. The second-order valence-electron chi connectivity index (χ2n) is 6.11. The van der Waals surface area contributed by atoms with Gasteiger partial charge in [-0.1, -0.05) is 11.6 Å². The predicted molar refractivity (Wildman–Crippen MR) is 85.3 cm³/mol. The molecule has 8 heteroatoms. The minimum Gasteiger partial charge on any atom is -0.378 e. The van der Waals surface area contributed by atoms with Crippen molar-refractivity contribution in [1.29, 1.82) is 0 Å². The van der Waals surface area contributed by atoms with Crippen molar-refractivity contribution in [3.8, 4) is 0 Å². The summed E-state index contributed by atoms with van der Waals surface area (Å²) in [7, 11) is 0. The molecule has 2 saturated heterocycles. The van der Waals surface area contributed by atoms with Crippen LogP contribution in [-0.4, -0.2) is 66.1 Å². The highest BCUT2D eigenvalue weighted by Gasteiger charge is 2.34. The molecule has 1 amide bonds. The van der Waals surface area contributed by atoms with Crippen molar-refractivity contribution in [2.24, 2.45) is 0 Å². The van der Waals surface area contributed by atoms with E-state index in [1.165, 1.54) is 6.07 Å². The number of aromatic amines is 1. The number of hydrogen-bond donors (Lipinski definition) is 1. The van der Waals surface area contributed by atoms with Gasteiger partial charge in [-0.2, -0.15) is 0 Å². The first-order valence-electron chi connectivity index (χ1n) is 7.82. The first-order chi connectivity index (χ1) is 11.6. The number of rotatable bonds is 1. The molecule has 2 fully saturated rings. The maximum absolute atomic E-state index is 14.6. The fourth-order valence-electron chi connectivity index (χ4n) is 3.42. The lowest BCUT2D eigenvalue weighted by Gasteiger charge is -2.43. The van der Waals surface area contributed by atoms with Crippen LogP contribution in [0.15, 0.2) is 12.1 Å². The molecule has 0 unspecified atom stereocenters. The van der Waals surface area contributed by atoms with Crippen LogP contribution in [0.4, 0.5) is 8.78 Å². The van der Waals surface area contributed by atoms with Crippen LogP contribution < -0.4 is 0 Å². The third-order valence-corrected chi connectivity index (χ3v) is 5.10. The van der Waals surface area contributed by atoms with E-state index in [4.69, 9.17) is 16.3 Å². The molecule has 0 radical (unpaired) electrons. The molecule has 2 aliphatic heterocycles. The van der Waals surface area contributed by atoms with Crippen LogP contribution >= 0.6 is 11.6 Å². The summed E-state index contributed by atoms with van der Waals surface area (Å²) in [5.74, 6) is -1.96. The Bertz CT molecular complexity index is 810. The van der Waals surface area contributed by atoms with E-state index in [1.54, 1.807) is 4.90 Å². The number of aromatic nitrogens is 1. The highest BCUT2D eigenvalue weighted by atomic mass is 35.5. The molecule has 1 aromatic heterocycles. The normalized spacial score (nSPS) is 22.0. The molecule has 0 saturated carbocycles. The zero-order valence-corrected chi connectivity index (χ0v) is 13.6. The number of piperazine rings is 1. The predicted octanol–water partition coefficient (Wildman–Crippen LogP) is 2.26. The molecule has 1 aromatic carbocycles. The van der Waals surface area contributed by atoms with Crippen molar-refractivity contribution in [1.82, 2.24) is 14.8 Å². The van der Waals surface area contributed by atoms with Crippen molar-refractivity contribution < 1.29 is 18.3 Å². The quantitative estimate of drug-likeness (QED) is 0.853. The van der Waals surface area contributed by atoms with Gasteiger partial charge in [0.15, 0.2) is 5.82 Å². The summed E-state index contributed by atoms with van der Waals surface area (Å²) < 4.78 is 33.6. The average molecular weight is 356 g/mol. The smallest absolute Gasteiger partial charge is 0.273 e. The van der Waals surface area contributed by atoms with E-state index in [9.17, 15) is 13.6 Å². The van der Waals surface area contributed by atoms with Gasteiger partial charge in [0.2, 0.25) is 0 Å². The molecule has 2 aliphatic rings. The Balaban J connectivity index is 1.64. The van der Waals surface area contributed by atoms with Gasteiger partial charge >= 0.3 is 0 Å². The Morgan fingerprint density at radius 2 is 2.12 bits per heavy atom. The summed E-state index contributed by atoms with van der Waals surface area (Å²) in [6.07, 6.45) is 0. The van der Waals surface area contributed by atoms with Crippen LogP contribution in [0.3, 0.4) is 0 Å². The van der Waals surface area contributed by atoms with E-state index in [2.05, 4.69) is 9.88 Å². The summed E-state index contributed by atoms with van der Waals surface area (Å²) in [6, 6.07) is 2.65. The van der Waals surface area contributed by atoms with Gasteiger partial charge in [-0.3, -0.25) is 9.69 Å². The first-order valence-corrected chi connectivity index (χ1v) is 8.20. The number of benzene rings is 1. The Hall–Kier alpha value is -1.70. The number of halogens is 3. The van der Waals surface area contributed by atoms with Crippen molar-refractivity contribution >= 4 is 28.4 Å². The van der Waals surface area contributed by atoms with E-state index in [0.29, 0.717) is 31.8 Å². The lowest BCUT2D eigenvalue weighted by molar-refractivity contribution is -0.0396. The Morgan fingerprint density at radius 3 is 2.96 bits per heavy atom. The van der Waals surface area contributed by atoms with Gasteiger partial charge in [-0.15, -0.1) is 0 Å². The highest BCUT2D eigenvalue weighted by Crippen LogP contribution is 2.31. The molecule has 4 rings (SSSR count). The topological polar surface area (TPSA) is 48.6 Å². The van der Waals surface area contributed by atoms with E-state index in [0.717, 1.165) is 19.2 Å². The summed E-state index contributed by atoms with van der Waals surface area (Å²) in [5.41, 5.74) is 0.129. The van der Waals surface area contributed by atoms with Gasteiger partial charge in [-0.05, 0) is 12.1 Å². The van der Waals surface area contributed by atoms with Crippen LogP contribution in [0.1, 0.15) is 10.5 Å². The molecule has 0 bridgehead atoms. The molecule has 0 aliphatic carbocycles. The Morgan fingerprint density at radius 1 is 1.29 bits per heavy atom. The molecule has 2 aromatic rings. The highest BCUT2D eigenvalue weighted by molar-refractivity contribution is 6.35. The molecule has 128 valence electrons. The van der Waals surface area contributed by atoms with Gasteiger partial charge in [-0.25, -0.2) is 8.78 Å². The SMILES string of the molecule is O=C(c1[nH]c2ccc(F)c(Cl)c2c1F)N1CCN2CCOC[C@@H]2C1. The molecule has 1 N–H and O–H groups in total. The number of nitrogens with one attached hydrogen (secondary N) is 1. The third kappa shape index (κ3) is 2.47. The molecule has 3 heterocycles. The Labute approximate surface area is 142 Å². The minimum absolute atomic E-state index is 0.0837. The zero-order chi connectivity index (χ0) is 16.8. The monoisotopic (exact) mass is 355 g/mol. The Kier molecular flexibility index (Phi) is 3.94. The van der Waals surface area contributed by atoms with Crippen LogP contribution in [0, 0.1) is 11.6 Å². The minimum atomic E-state index is -0.804. The molecule has 0 spiro atoms. The largest absolute Gasteiger partial charge is 0.378 e. The number of hydrogen-bond acceptors (Lipinski definition) is 3. The van der Waals surface area contributed by atoms with Crippen LogP contribution in [-0.2, 0) is 4.74 Å². The van der Waals surface area contributed by atoms with Gasteiger partial charge < -0.3 is 14.6 Å². The van der Waals surface area contributed by atoms with Crippen molar-refractivity contribution in [3.63, 3.8) is 0 Å². The summed E-state index contributed by atoms with van der Waals surface area (Å²) >= 11 is 5.84. The number of H-pyrrole nitrogens is 1. The number of ether oxygens (including phenoxy) is 1. The summed E-state index contributed by atoms with van der Waals surface area (Å²) in [6.45, 7) is 3.85. The molecule has 1 atom stereocenters. The van der Waals surface area contributed by atoms with Crippen LogP contribution in [0.5, 0.6) is 0 Å². The van der Waals surface area contributed by atoms with Gasteiger partial charge in [0.1, 0.15) is 11.5 Å². The second-order valence-corrected chi connectivity index (χ2v) is 6.49. The average Bonchev–Trinajstić information content (AvgIpc) is 2.94. The van der Waals surface area contributed by atoms with Gasteiger partial charge in [0.05, 0.1) is 35.2 Å². The van der Waals surface area contributed by atoms with Gasteiger partial charge in [0, 0.05) is 26.2 Å². The molecular formula is C16H16ClF2N3O2. The fraction of sp³-hybridized carbons (Fsp3) is 0.438. The zero-order valence-electron chi connectivity index (χ0n) is 12.8. The first kappa shape index (κ1) is 15.8. The van der Waals surface area contributed by atoms with Gasteiger partial charge in [0.25, 0.3) is 5.91 Å². The maximum Gasteiger partial charge on any atom is 0.273 e. The number of carbonyl (C=O) groups is 1. The maximum atomic E-state index is 14.6. The molecule has 24 heavy (non-hydrogen) atoms. The molecule has 5 nitrogen and oxygen atoms in total. The number of morpholine rings is 1. The summed E-state index contributed by atoms with van der Waals surface area (Å²) in [5, 5.41) is -0.398. The number of fused-ring (bicyclic) bond motifs is 2. The van der Waals surface area contributed by atoms with Crippen molar-refractivity contribution in [2.45, 2.75) is 6.04 Å². The number of nitrogens with zero attached hydrogens (tertiary/aromatic N) is 2. The van der Waals surface area contributed by atoms with Crippen LogP contribution in [0.25, 0.3) is 10.9 Å². The fourth-order valence-corrected chi connectivity index (χ4v) is 3.67. The van der Waals surface area contributed by atoms with E-state index in [1.807, 2.05) is 0 Å². The van der Waals surface area contributed by atoms with E-state index < -0.39 is 17.5 Å². The second kappa shape index (κ2) is 5.98.